The van der Waals surface area contributed by atoms with Crippen LogP contribution in [0.25, 0.3) is 11.1 Å². The van der Waals surface area contributed by atoms with Crippen molar-refractivity contribution < 1.29 is 17.9 Å². The molecule has 0 radical (unpaired) electrons. The molecular weight excluding hydrogens is 416 g/mol. The Kier molecular flexibility index (Phi) is 6.65. The molecular formula is C22H26N4O4S. The highest BCUT2D eigenvalue weighted by Crippen LogP contribution is 2.41. The molecule has 0 saturated carbocycles. The molecule has 0 spiro atoms. The van der Waals surface area contributed by atoms with Gasteiger partial charge in [0.15, 0.2) is 9.84 Å². The minimum absolute atomic E-state index is 0.118. The molecule has 0 aliphatic carbocycles. The first-order valence-corrected chi connectivity index (χ1v) is 11.7. The van der Waals surface area contributed by atoms with Gasteiger partial charge < -0.3 is 20.9 Å². The Morgan fingerprint density at radius 3 is 2.19 bits per heavy atom. The van der Waals surface area contributed by atoms with E-state index in [9.17, 15) is 8.42 Å². The molecule has 0 aliphatic heterocycles. The molecule has 9 heteroatoms. The average Bonchev–Trinajstić information content (AvgIpc) is 2.70. The van der Waals surface area contributed by atoms with Crippen LogP contribution >= 0.6 is 0 Å². The summed E-state index contributed by atoms with van der Waals surface area (Å²) < 4.78 is 36.0. The monoisotopic (exact) mass is 442 g/mol. The predicted molar refractivity (Wildman–Crippen MR) is 121 cm³/mol. The maximum Gasteiger partial charge on any atom is 0.221 e. The Bertz CT molecular complexity index is 1170. The summed E-state index contributed by atoms with van der Waals surface area (Å²) in [7, 11) is -3.36. The Morgan fingerprint density at radius 2 is 1.65 bits per heavy atom. The van der Waals surface area contributed by atoms with Gasteiger partial charge in [-0.3, -0.25) is 0 Å². The highest BCUT2D eigenvalue weighted by atomic mass is 32.2. The van der Waals surface area contributed by atoms with Crippen molar-refractivity contribution in [2.45, 2.75) is 25.2 Å². The van der Waals surface area contributed by atoms with Crippen molar-refractivity contribution in [1.29, 1.82) is 0 Å². The quantitative estimate of drug-likeness (QED) is 0.544. The molecule has 0 aliphatic rings. The molecule has 0 amide bonds. The molecule has 8 nitrogen and oxygen atoms in total. The number of nitrogen functional groups attached to an aromatic ring is 2. The van der Waals surface area contributed by atoms with Crippen LogP contribution in [0, 0.1) is 0 Å². The van der Waals surface area contributed by atoms with Crippen LogP contribution in [0.15, 0.2) is 47.5 Å². The third-order valence-corrected chi connectivity index (χ3v) is 5.70. The van der Waals surface area contributed by atoms with Gasteiger partial charge in [0, 0.05) is 24.4 Å². The first-order valence-electron chi connectivity index (χ1n) is 9.82. The molecule has 0 bridgehead atoms. The lowest BCUT2D eigenvalue weighted by atomic mass is 9.98. The molecule has 3 aromatic rings. The largest absolute Gasteiger partial charge is 0.493 e. The summed E-state index contributed by atoms with van der Waals surface area (Å²) in [6, 6.07) is 10.5. The highest BCUT2D eigenvalue weighted by Gasteiger charge is 2.18. The lowest BCUT2D eigenvalue weighted by molar-refractivity contribution is 0.325. The SMILES string of the molecule is CCOc1cc(Cc2cnc(N)nc2N)cc(OCC)c1-c1cccc(S(C)(=O)=O)c1. The average molecular weight is 443 g/mol. The lowest BCUT2D eigenvalue weighted by Crippen LogP contribution is -2.05. The second-order valence-electron chi connectivity index (χ2n) is 6.95. The van der Waals surface area contributed by atoms with Crippen LogP contribution < -0.4 is 20.9 Å². The van der Waals surface area contributed by atoms with E-state index in [1.165, 1.54) is 6.26 Å². The van der Waals surface area contributed by atoms with Gasteiger partial charge in [-0.05, 0) is 49.2 Å². The number of anilines is 2. The van der Waals surface area contributed by atoms with Crippen molar-refractivity contribution >= 4 is 21.6 Å². The van der Waals surface area contributed by atoms with Crippen LogP contribution in [-0.4, -0.2) is 37.9 Å². The van der Waals surface area contributed by atoms with Crippen molar-refractivity contribution in [2.24, 2.45) is 0 Å². The normalized spacial score (nSPS) is 11.3. The van der Waals surface area contributed by atoms with E-state index in [2.05, 4.69) is 9.97 Å². The fraction of sp³-hybridized carbons (Fsp3) is 0.273. The number of nitrogens with zero attached hydrogens (tertiary/aromatic N) is 2. The molecule has 31 heavy (non-hydrogen) atoms. The van der Waals surface area contributed by atoms with E-state index in [1.54, 1.807) is 24.4 Å². The molecule has 0 saturated heterocycles. The predicted octanol–water partition coefficient (Wildman–Crippen LogP) is 3.10. The zero-order valence-electron chi connectivity index (χ0n) is 17.8. The van der Waals surface area contributed by atoms with Gasteiger partial charge in [0.25, 0.3) is 0 Å². The summed E-state index contributed by atoms with van der Waals surface area (Å²) in [6.07, 6.45) is 3.24. The summed E-state index contributed by atoms with van der Waals surface area (Å²) in [5.74, 6) is 1.61. The van der Waals surface area contributed by atoms with Gasteiger partial charge in [0.2, 0.25) is 5.95 Å². The van der Waals surface area contributed by atoms with Crippen molar-refractivity contribution in [3.05, 3.63) is 53.7 Å². The van der Waals surface area contributed by atoms with Gasteiger partial charge in [0.05, 0.1) is 23.7 Å². The van der Waals surface area contributed by atoms with Crippen LogP contribution in [-0.2, 0) is 16.3 Å². The first-order chi connectivity index (χ1) is 14.7. The topological polar surface area (TPSA) is 130 Å². The van der Waals surface area contributed by atoms with E-state index in [-0.39, 0.29) is 10.8 Å². The van der Waals surface area contributed by atoms with Crippen molar-refractivity contribution in [1.82, 2.24) is 9.97 Å². The molecule has 0 unspecified atom stereocenters. The van der Waals surface area contributed by atoms with Gasteiger partial charge in [-0.1, -0.05) is 12.1 Å². The number of nitrogens with two attached hydrogens (primary N) is 2. The fourth-order valence-electron chi connectivity index (χ4n) is 3.24. The summed E-state index contributed by atoms with van der Waals surface area (Å²) in [5.41, 5.74) is 14.6. The van der Waals surface area contributed by atoms with E-state index in [4.69, 9.17) is 20.9 Å². The molecule has 1 heterocycles. The van der Waals surface area contributed by atoms with Crippen LogP contribution in [0.2, 0.25) is 0 Å². The molecule has 0 fully saturated rings. The zero-order chi connectivity index (χ0) is 22.6. The van der Waals surface area contributed by atoms with Crippen molar-refractivity contribution in [3.8, 4) is 22.6 Å². The minimum Gasteiger partial charge on any atom is -0.493 e. The Hall–Kier alpha value is -3.33. The van der Waals surface area contributed by atoms with Crippen LogP contribution in [0.3, 0.4) is 0 Å². The molecule has 0 atom stereocenters. The number of sulfone groups is 1. The molecule has 1 aromatic heterocycles. The standard InChI is InChI=1S/C22H26N4O4S/c1-4-29-18-10-14(9-16-13-25-22(24)26-21(16)23)11-19(30-5-2)20(18)15-7-6-8-17(12-15)31(3,27)28/h6-8,10-13H,4-5,9H2,1-3H3,(H4,23,24,25,26). The summed E-state index contributed by atoms with van der Waals surface area (Å²) in [6.45, 7) is 4.63. The van der Waals surface area contributed by atoms with Crippen LogP contribution in [0.4, 0.5) is 11.8 Å². The third kappa shape index (κ3) is 5.24. The molecule has 164 valence electrons. The molecule has 2 aromatic carbocycles. The number of aromatic nitrogens is 2. The number of hydrogen-bond donors (Lipinski definition) is 2. The lowest BCUT2D eigenvalue weighted by Gasteiger charge is -2.18. The van der Waals surface area contributed by atoms with E-state index in [0.717, 1.165) is 11.1 Å². The summed E-state index contributed by atoms with van der Waals surface area (Å²) >= 11 is 0. The number of ether oxygens (including phenoxy) is 2. The number of benzene rings is 2. The van der Waals surface area contributed by atoms with Gasteiger partial charge in [-0.2, -0.15) is 4.98 Å². The van der Waals surface area contributed by atoms with E-state index in [0.29, 0.717) is 48.1 Å². The first kappa shape index (κ1) is 22.4. The van der Waals surface area contributed by atoms with Crippen LogP contribution in [0.1, 0.15) is 25.0 Å². The Balaban J connectivity index is 2.15. The van der Waals surface area contributed by atoms with E-state index >= 15 is 0 Å². The molecule has 4 N–H and O–H groups in total. The number of rotatable bonds is 8. The third-order valence-electron chi connectivity index (χ3n) is 4.59. The maximum absolute atomic E-state index is 12.1. The summed E-state index contributed by atoms with van der Waals surface area (Å²) in [5, 5.41) is 0. The Morgan fingerprint density at radius 1 is 1.00 bits per heavy atom. The number of hydrogen-bond acceptors (Lipinski definition) is 8. The second-order valence-corrected chi connectivity index (χ2v) is 8.96. The van der Waals surface area contributed by atoms with Gasteiger partial charge in [-0.25, -0.2) is 13.4 Å². The zero-order valence-corrected chi connectivity index (χ0v) is 18.6. The van der Waals surface area contributed by atoms with Gasteiger partial charge in [0.1, 0.15) is 17.3 Å². The van der Waals surface area contributed by atoms with Gasteiger partial charge >= 0.3 is 0 Å². The van der Waals surface area contributed by atoms with E-state index < -0.39 is 9.84 Å². The van der Waals surface area contributed by atoms with Crippen molar-refractivity contribution in [2.75, 3.05) is 30.9 Å². The van der Waals surface area contributed by atoms with E-state index in [1.807, 2.05) is 32.0 Å². The van der Waals surface area contributed by atoms with Crippen molar-refractivity contribution in [3.63, 3.8) is 0 Å². The Labute approximate surface area is 182 Å². The maximum atomic E-state index is 12.1. The smallest absolute Gasteiger partial charge is 0.221 e. The van der Waals surface area contributed by atoms with Crippen LogP contribution in [0.5, 0.6) is 11.5 Å². The second kappa shape index (κ2) is 9.22. The fourth-order valence-corrected chi connectivity index (χ4v) is 3.91. The highest BCUT2D eigenvalue weighted by molar-refractivity contribution is 7.90. The van der Waals surface area contributed by atoms with Gasteiger partial charge in [-0.15, -0.1) is 0 Å². The summed E-state index contributed by atoms with van der Waals surface area (Å²) in [4.78, 5) is 8.26. The minimum atomic E-state index is -3.36. The molecule has 3 rings (SSSR count).